The van der Waals surface area contributed by atoms with Crippen molar-refractivity contribution >= 4 is 5.91 Å². The van der Waals surface area contributed by atoms with Crippen LogP contribution >= 0.6 is 0 Å². The zero-order valence-corrected chi connectivity index (χ0v) is 14.0. The number of hydrogen-bond donors (Lipinski definition) is 0. The summed E-state index contributed by atoms with van der Waals surface area (Å²) in [6.07, 6.45) is 2.27. The summed E-state index contributed by atoms with van der Waals surface area (Å²) in [6.45, 7) is 1.28. The highest BCUT2D eigenvalue weighted by Crippen LogP contribution is 2.30. The second kappa shape index (κ2) is 6.89. The lowest BCUT2D eigenvalue weighted by atomic mass is 9.88. The van der Waals surface area contributed by atoms with Crippen LogP contribution in [0.5, 0.6) is 0 Å². The Hall–Kier alpha value is -2.94. The minimum Gasteiger partial charge on any atom is -0.332 e. The number of benzene rings is 2. The minimum atomic E-state index is 0.0755. The molecule has 0 aliphatic carbocycles. The molecule has 0 spiro atoms. The third-order valence-corrected chi connectivity index (χ3v) is 4.82. The summed E-state index contributed by atoms with van der Waals surface area (Å²) in [4.78, 5) is 19.3. The van der Waals surface area contributed by atoms with Gasteiger partial charge in [0.15, 0.2) is 0 Å². The zero-order chi connectivity index (χ0) is 17.1. The summed E-state index contributed by atoms with van der Waals surface area (Å²) in [5, 5.41) is 0. The number of nitrogens with zero attached hydrogens (tertiary/aromatic N) is 2. The van der Waals surface area contributed by atoms with E-state index in [1.165, 1.54) is 11.1 Å². The van der Waals surface area contributed by atoms with Crippen LogP contribution in [0, 0.1) is 0 Å². The molecule has 0 saturated heterocycles. The fourth-order valence-electron chi connectivity index (χ4n) is 3.48. The minimum absolute atomic E-state index is 0.0755. The van der Waals surface area contributed by atoms with E-state index in [2.05, 4.69) is 35.3 Å². The Morgan fingerprint density at radius 2 is 1.52 bits per heavy atom. The third kappa shape index (κ3) is 3.31. The van der Waals surface area contributed by atoms with Crippen molar-refractivity contribution in [3.05, 3.63) is 101 Å². The Balaban J connectivity index is 1.56. The van der Waals surface area contributed by atoms with Gasteiger partial charge in [-0.1, -0.05) is 66.7 Å². The first-order chi connectivity index (χ1) is 12.3. The molecule has 3 aromatic rings. The lowest BCUT2D eigenvalue weighted by Crippen LogP contribution is -2.27. The molecule has 3 heteroatoms. The van der Waals surface area contributed by atoms with Crippen LogP contribution in [0.3, 0.4) is 0 Å². The molecule has 25 heavy (non-hydrogen) atoms. The molecule has 4 rings (SSSR count). The molecular formula is C22H20N2O. The molecule has 0 unspecified atom stereocenters. The van der Waals surface area contributed by atoms with E-state index in [1.807, 2.05) is 47.4 Å². The lowest BCUT2D eigenvalue weighted by Gasteiger charge is -2.22. The van der Waals surface area contributed by atoms with Crippen molar-refractivity contribution in [1.82, 2.24) is 9.88 Å². The molecular weight excluding hydrogens is 308 g/mol. The number of amides is 1. The van der Waals surface area contributed by atoms with Crippen LogP contribution in [0.25, 0.3) is 0 Å². The molecule has 1 amide bonds. The Morgan fingerprint density at radius 1 is 0.880 bits per heavy atom. The van der Waals surface area contributed by atoms with Gasteiger partial charge >= 0.3 is 0 Å². The molecule has 3 nitrogen and oxygen atoms in total. The summed E-state index contributed by atoms with van der Waals surface area (Å²) in [5.41, 5.74) is 4.53. The summed E-state index contributed by atoms with van der Waals surface area (Å²) < 4.78 is 0. The van der Waals surface area contributed by atoms with Gasteiger partial charge in [-0.15, -0.1) is 0 Å². The molecule has 0 bridgehead atoms. The fraction of sp³-hybridized carbons (Fsp3) is 0.182. The van der Waals surface area contributed by atoms with Gasteiger partial charge in [0, 0.05) is 25.1 Å². The van der Waals surface area contributed by atoms with Gasteiger partial charge in [0.1, 0.15) is 0 Å². The highest BCUT2D eigenvalue weighted by Gasteiger charge is 2.27. The van der Waals surface area contributed by atoms with Crippen molar-refractivity contribution in [1.29, 1.82) is 0 Å². The van der Waals surface area contributed by atoms with Gasteiger partial charge in [0.05, 0.1) is 12.2 Å². The molecule has 124 valence electrons. The van der Waals surface area contributed by atoms with Gasteiger partial charge in [0.2, 0.25) is 5.91 Å². The summed E-state index contributed by atoms with van der Waals surface area (Å²) >= 11 is 0. The normalized spacial score (nSPS) is 13.1. The SMILES string of the molecule is O=C(CC(c1ccccc1)c1ccccc1)N1Cc2cccnc2C1. The van der Waals surface area contributed by atoms with E-state index in [-0.39, 0.29) is 11.8 Å². The Labute approximate surface area is 148 Å². The van der Waals surface area contributed by atoms with Crippen molar-refractivity contribution in [3.8, 4) is 0 Å². The highest BCUT2D eigenvalue weighted by molar-refractivity contribution is 5.78. The van der Waals surface area contributed by atoms with Gasteiger partial charge in [-0.3, -0.25) is 9.78 Å². The monoisotopic (exact) mass is 328 g/mol. The van der Waals surface area contributed by atoms with Crippen molar-refractivity contribution in [2.24, 2.45) is 0 Å². The van der Waals surface area contributed by atoms with Crippen molar-refractivity contribution in [2.75, 3.05) is 0 Å². The summed E-state index contributed by atoms with van der Waals surface area (Å²) in [5.74, 6) is 0.252. The molecule has 0 fully saturated rings. The van der Waals surface area contributed by atoms with E-state index in [0.717, 1.165) is 11.3 Å². The standard InChI is InChI=1S/C22H20N2O/c25-22(24-15-19-12-7-13-23-21(19)16-24)14-20(17-8-3-1-4-9-17)18-10-5-2-6-11-18/h1-13,20H,14-16H2. The van der Waals surface area contributed by atoms with E-state index in [9.17, 15) is 4.79 Å². The lowest BCUT2D eigenvalue weighted by molar-refractivity contribution is -0.132. The maximum absolute atomic E-state index is 13.0. The Morgan fingerprint density at radius 3 is 2.12 bits per heavy atom. The molecule has 0 atom stereocenters. The maximum Gasteiger partial charge on any atom is 0.224 e. The first kappa shape index (κ1) is 15.6. The molecule has 2 aromatic carbocycles. The van der Waals surface area contributed by atoms with Crippen LogP contribution in [-0.2, 0) is 17.9 Å². The van der Waals surface area contributed by atoms with E-state index in [4.69, 9.17) is 0 Å². The molecule has 1 aliphatic heterocycles. The molecule has 1 aliphatic rings. The van der Waals surface area contributed by atoms with Gasteiger partial charge in [-0.2, -0.15) is 0 Å². The van der Waals surface area contributed by atoms with E-state index < -0.39 is 0 Å². The molecule has 1 aromatic heterocycles. The average Bonchev–Trinajstić information content (AvgIpc) is 3.12. The first-order valence-electron chi connectivity index (χ1n) is 8.61. The van der Waals surface area contributed by atoms with E-state index >= 15 is 0 Å². The molecule has 2 heterocycles. The molecule has 0 saturated carbocycles. The van der Waals surface area contributed by atoms with Crippen molar-refractivity contribution in [2.45, 2.75) is 25.4 Å². The quantitative estimate of drug-likeness (QED) is 0.721. The van der Waals surface area contributed by atoms with Crippen LogP contribution in [0.1, 0.15) is 34.7 Å². The molecule has 0 radical (unpaired) electrons. The number of hydrogen-bond acceptors (Lipinski definition) is 2. The average molecular weight is 328 g/mol. The number of pyridine rings is 1. The van der Waals surface area contributed by atoms with Crippen molar-refractivity contribution in [3.63, 3.8) is 0 Å². The van der Waals surface area contributed by atoms with Crippen LogP contribution < -0.4 is 0 Å². The fourth-order valence-corrected chi connectivity index (χ4v) is 3.48. The van der Waals surface area contributed by atoms with Gasteiger partial charge in [-0.05, 0) is 22.8 Å². The highest BCUT2D eigenvalue weighted by atomic mass is 16.2. The van der Waals surface area contributed by atoms with Gasteiger partial charge in [-0.25, -0.2) is 0 Å². The van der Waals surface area contributed by atoms with Crippen LogP contribution in [0.4, 0.5) is 0 Å². The van der Waals surface area contributed by atoms with E-state index in [0.29, 0.717) is 19.5 Å². The second-order valence-electron chi connectivity index (χ2n) is 6.44. The van der Waals surface area contributed by atoms with E-state index in [1.54, 1.807) is 6.20 Å². The van der Waals surface area contributed by atoms with Crippen LogP contribution in [0.15, 0.2) is 79.0 Å². The zero-order valence-electron chi connectivity index (χ0n) is 14.0. The predicted molar refractivity (Wildman–Crippen MR) is 97.8 cm³/mol. The summed E-state index contributed by atoms with van der Waals surface area (Å²) in [6, 6.07) is 24.6. The maximum atomic E-state index is 13.0. The number of carbonyl (C=O) groups is 1. The van der Waals surface area contributed by atoms with Crippen molar-refractivity contribution < 1.29 is 4.79 Å². The Kier molecular flexibility index (Phi) is 4.30. The topological polar surface area (TPSA) is 33.2 Å². The second-order valence-corrected chi connectivity index (χ2v) is 6.44. The smallest absolute Gasteiger partial charge is 0.224 e. The van der Waals surface area contributed by atoms with Gasteiger partial charge < -0.3 is 4.90 Å². The molecule has 0 N–H and O–H groups in total. The number of aromatic nitrogens is 1. The predicted octanol–water partition coefficient (Wildman–Crippen LogP) is 4.15. The Bertz CT molecular complexity index is 797. The van der Waals surface area contributed by atoms with Gasteiger partial charge in [0.25, 0.3) is 0 Å². The first-order valence-corrected chi connectivity index (χ1v) is 8.61. The number of carbonyl (C=O) groups excluding carboxylic acids is 1. The van der Waals surface area contributed by atoms with Crippen LogP contribution in [-0.4, -0.2) is 15.8 Å². The summed E-state index contributed by atoms with van der Waals surface area (Å²) in [7, 11) is 0. The number of fused-ring (bicyclic) bond motifs is 1. The third-order valence-electron chi connectivity index (χ3n) is 4.82. The number of rotatable bonds is 4. The largest absolute Gasteiger partial charge is 0.332 e. The van der Waals surface area contributed by atoms with Crippen LogP contribution in [0.2, 0.25) is 0 Å².